The number of sulfonamides is 1. The van der Waals surface area contributed by atoms with Crippen molar-refractivity contribution in [3.8, 4) is 17.2 Å². The number of hydrogen-bond donors (Lipinski definition) is 4. The second-order valence-corrected chi connectivity index (χ2v) is 10.1. The van der Waals surface area contributed by atoms with Gasteiger partial charge in [-0.25, -0.2) is 13.2 Å². The molecule has 2 atom stereocenters. The van der Waals surface area contributed by atoms with Crippen LogP contribution in [0.15, 0.2) is 36.4 Å². The number of phenolic OH excluding ortho intramolecular Hbond substituents is 1. The normalized spacial score (nSPS) is 15.7. The number of rotatable bonds is 12. The predicted molar refractivity (Wildman–Crippen MR) is 134 cm³/mol. The number of ether oxygens (including phenoxy) is 3. The standard InChI is InChI=1S/C24H32N2O8S.H2O/c1-3-32-24(29)15-34-20-7-5-16-4-6-18(10-17(16)11-20)25-13-19(27)14-33-21-8-9-23(28)22(12-21)26-35(2,30)31;/h5,7-9,11-12,18-19,25-28H,3-4,6,10,13-15H2,1-2H3;1H2/t18-,19-;/m0./s1. The van der Waals surface area contributed by atoms with Crippen LogP contribution in [0.2, 0.25) is 0 Å². The van der Waals surface area contributed by atoms with Crippen molar-refractivity contribution in [2.75, 3.05) is 37.3 Å². The average Bonchev–Trinajstić information content (AvgIpc) is 2.81. The molecule has 0 saturated carbocycles. The highest BCUT2D eigenvalue weighted by atomic mass is 32.2. The van der Waals surface area contributed by atoms with Crippen LogP contribution >= 0.6 is 0 Å². The molecule has 3 rings (SSSR count). The summed E-state index contributed by atoms with van der Waals surface area (Å²) in [7, 11) is -3.56. The van der Waals surface area contributed by atoms with Crippen molar-refractivity contribution in [1.29, 1.82) is 0 Å². The minimum atomic E-state index is -3.56. The molecule has 1 aliphatic rings. The first-order valence-corrected chi connectivity index (χ1v) is 13.3. The molecule has 0 bridgehead atoms. The molecule has 0 saturated heterocycles. The van der Waals surface area contributed by atoms with E-state index in [1.807, 2.05) is 18.2 Å². The Kier molecular flexibility index (Phi) is 10.8. The zero-order valence-electron chi connectivity index (χ0n) is 20.3. The van der Waals surface area contributed by atoms with Crippen LogP contribution in [0.5, 0.6) is 17.2 Å². The van der Waals surface area contributed by atoms with Gasteiger partial charge in [0.1, 0.15) is 30.0 Å². The highest BCUT2D eigenvalue weighted by Crippen LogP contribution is 2.29. The molecule has 0 aromatic heterocycles. The Morgan fingerprint density at radius 1 is 1.14 bits per heavy atom. The zero-order valence-corrected chi connectivity index (χ0v) is 21.1. The van der Waals surface area contributed by atoms with Crippen LogP contribution in [0.3, 0.4) is 0 Å². The molecule has 11 nitrogen and oxygen atoms in total. The van der Waals surface area contributed by atoms with E-state index in [0.717, 1.165) is 31.1 Å². The lowest BCUT2D eigenvalue weighted by Gasteiger charge is -2.27. The molecule has 2 aromatic carbocycles. The summed E-state index contributed by atoms with van der Waals surface area (Å²) >= 11 is 0. The van der Waals surface area contributed by atoms with Crippen molar-refractivity contribution in [2.24, 2.45) is 0 Å². The van der Waals surface area contributed by atoms with E-state index in [0.29, 0.717) is 24.7 Å². The quantitative estimate of drug-likeness (QED) is 0.230. The third-order valence-electron chi connectivity index (χ3n) is 5.42. The molecule has 0 radical (unpaired) electrons. The van der Waals surface area contributed by atoms with E-state index in [4.69, 9.17) is 14.2 Å². The molecule has 0 aliphatic heterocycles. The minimum Gasteiger partial charge on any atom is -0.506 e. The lowest BCUT2D eigenvalue weighted by molar-refractivity contribution is -0.145. The van der Waals surface area contributed by atoms with Gasteiger partial charge in [0.2, 0.25) is 10.0 Å². The number of nitrogens with one attached hydrogen (secondary N) is 2. The minimum absolute atomic E-state index is 0. The number of aryl methyl sites for hydroxylation is 1. The van der Waals surface area contributed by atoms with E-state index in [2.05, 4.69) is 10.0 Å². The van der Waals surface area contributed by atoms with E-state index in [1.165, 1.54) is 23.8 Å². The number of carbonyl (C=O) groups excluding carboxylic acids is 1. The van der Waals surface area contributed by atoms with Crippen molar-refractivity contribution >= 4 is 21.7 Å². The topological polar surface area (TPSA) is 175 Å². The lowest BCUT2D eigenvalue weighted by atomic mass is 9.88. The van der Waals surface area contributed by atoms with Crippen LogP contribution in [0, 0.1) is 0 Å². The fourth-order valence-corrected chi connectivity index (χ4v) is 4.35. The maximum atomic E-state index is 11.5. The van der Waals surface area contributed by atoms with E-state index in [9.17, 15) is 23.4 Å². The van der Waals surface area contributed by atoms with E-state index < -0.39 is 22.1 Å². The van der Waals surface area contributed by atoms with Crippen LogP contribution in [-0.4, -0.2) is 74.8 Å². The number of fused-ring (bicyclic) bond motifs is 1. The largest absolute Gasteiger partial charge is 0.506 e. The molecule has 1 aliphatic carbocycles. The monoisotopic (exact) mass is 526 g/mol. The Hall–Kier alpha value is -3.06. The van der Waals surface area contributed by atoms with E-state index in [1.54, 1.807) is 6.92 Å². The molecule has 0 spiro atoms. The van der Waals surface area contributed by atoms with Crippen LogP contribution in [0.4, 0.5) is 5.69 Å². The van der Waals surface area contributed by atoms with Crippen LogP contribution in [0.25, 0.3) is 0 Å². The van der Waals surface area contributed by atoms with Gasteiger partial charge in [0.05, 0.1) is 18.6 Å². The number of aromatic hydroxyl groups is 1. The summed E-state index contributed by atoms with van der Waals surface area (Å²) in [6.07, 6.45) is 2.76. The van der Waals surface area contributed by atoms with Gasteiger partial charge in [-0.15, -0.1) is 0 Å². The molecule has 2 aromatic rings. The fraction of sp³-hybridized carbons (Fsp3) is 0.458. The average molecular weight is 527 g/mol. The van der Waals surface area contributed by atoms with Gasteiger partial charge in [0, 0.05) is 18.7 Å². The predicted octanol–water partition coefficient (Wildman–Crippen LogP) is 0.768. The van der Waals surface area contributed by atoms with Crippen molar-refractivity contribution in [3.05, 3.63) is 47.5 Å². The molecular formula is C24H34N2O9S. The third kappa shape index (κ3) is 9.19. The van der Waals surface area contributed by atoms with Crippen molar-refractivity contribution in [3.63, 3.8) is 0 Å². The van der Waals surface area contributed by atoms with Gasteiger partial charge in [-0.1, -0.05) is 6.07 Å². The summed E-state index contributed by atoms with van der Waals surface area (Å²) < 4.78 is 41.0. The van der Waals surface area contributed by atoms with E-state index >= 15 is 0 Å². The van der Waals surface area contributed by atoms with E-state index in [-0.39, 0.29) is 36.2 Å². The second-order valence-electron chi connectivity index (χ2n) is 8.39. The number of carbonyl (C=O) groups is 1. The molecule has 0 unspecified atom stereocenters. The number of benzene rings is 2. The number of aliphatic hydroxyl groups is 1. The summed E-state index contributed by atoms with van der Waals surface area (Å²) in [6, 6.07) is 10.1. The molecular weight excluding hydrogens is 492 g/mol. The maximum absolute atomic E-state index is 11.5. The molecule has 200 valence electrons. The molecule has 36 heavy (non-hydrogen) atoms. The number of hydrogen-bond acceptors (Lipinski definition) is 9. The summed E-state index contributed by atoms with van der Waals surface area (Å²) in [5, 5.41) is 23.5. The summed E-state index contributed by atoms with van der Waals surface area (Å²) in [6.45, 7) is 2.23. The van der Waals surface area contributed by atoms with Crippen molar-refractivity contribution < 1.29 is 43.1 Å². The molecule has 0 heterocycles. The first-order valence-electron chi connectivity index (χ1n) is 11.4. The number of phenols is 1. The smallest absolute Gasteiger partial charge is 0.344 e. The number of esters is 1. The van der Waals surface area contributed by atoms with Gasteiger partial charge in [0.15, 0.2) is 6.61 Å². The summed E-state index contributed by atoms with van der Waals surface area (Å²) in [5.41, 5.74) is 2.38. The maximum Gasteiger partial charge on any atom is 0.344 e. The molecule has 0 amide bonds. The summed E-state index contributed by atoms with van der Waals surface area (Å²) in [4.78, 5) is 11.5. The second kappa shape index (κ2) is 13.3. The van der Waals surface area contributed by atoms with Gasteiger partial charge in [-0.2, -0.15) is 0 Å². The number of anilines is 1. The third-order valence-corrected chi connectivity index (χ3v) is 6.01. The number of aliphatic hydroxyl groups excluding tert-OH is 1. The van der Waals surface area contributed by atoms with Crippen molar-refractivity contribution in [1.82, 2.24) is 5.32 Å². The summed E-state index contributed by atoms with van der Waals surface area (Å²) in [5.74, 6) is 0.299. The van der Waals surface area contributed by atoms with Crippen LogP contribution < -0.4 is 19.5 Å². The fourth-order valence-electron chi connectivity index (χ4n) is 3.78. The highest BCUT2D eigenvalue weighted by Gasteiger charge is 2.20. The van der Waals surface area contributed by atoms with Crippen LogP contribution in [-0.2, 0) is 32.4 Å². The van der Waals surface area contributed by atoms with Gasteiger partial charge >= 0.3 is 5.97 Å². The van der Waals surface area contributed by atoms with Gasteiger partial charge in [0.25, 0.3) is 0 Å². The Labute approximate surface area is 210 Å². The first-order chi connectivity index (χ1) is 16.6. The Morgan fingerprint density at radius 2 is 1.86 bits per heavy atom. The van der Waals surface area contributed by atoms with Crippen LogP contribution in [0.1, 0.15) is 24.5 Å². The Balaban J connectivity index is 0.00000456. The Bertz CT molecular complexity index is 1120. The molecule has 12 heteroatoms. The SMILES string of the molecule is CCOC(=O)COc1ccc2c(c1)C[C@@H](NC[C@H](O)COc1ccc(O)c(NS(C)(=O)=O)c1)CC2.O. The van der Waals surface area contributed by atoms with Gasteiger partial charge < -0.3 is 35.2 Å². The molecule has 6 N–H and O–H groups in total. The zero-order chi connectivity index (χ0) is 25.4. The molecule has 0 fully saturated rings. The highest BCUT2D eigenvalue weighted by molar-refractivity contribution is 7.92. The van der Waals surface area contributed by atoms with Crippen molar-refractivity contribution in [2.45, 2.75) is 38.3 Å². The van der Waals surface area contributed by atoms with Gasteiger partial charge in [-0.05, 0) is 61.6 Å². The Morgan fingerprint density at radius 3 is 2.58 bits per heavy atom. The first kappa shape index (κ1) is 29.2. The lowest BCUT2D eigenvalue weighted by Crippen LogP contribution is -2.40. The van der Waals surface area contributed by atoms with Gasteiger partial charge in [-0.3, -0.25) is 4.72 Å².